The highest BCUT2D eigenvalue weighted by Gasteiger charge is 2.27. The van der Waals surface area contributed by atoms with Gasteiger partial charge in [0.1, 0.15) is 4.90 Å². The second-order valence-corrected chi connectivity index (χ2v) is 11.8. The van der Waals surface area contributed by atoms with Gasteiger partial charge in [-0.05, 0) is 68.5 Å². The highest BCUT2D eigenvalue weighted by Crippen LogP contribution is 2.25. The molecule has 0 saturated carbocycles. The Hall–Kier alpha value is -1.94. The van der Waals surface area contributed by atoms with Crippen LogP contribution in [-0.2, 0) is 27.7 Å². The number of benzene rings is 1. The first-order chi connectivity index (χ1) is 15.8. The number of hydrogen-bond donors (Lipinski definition) is 1. The topological polar surface area (TPSA) is 82.6 Å². The molecular formula is C24H32N4O3S2. The summed E-state index contributed by atoms with van der Waals surface area (Å²) < 4.78 is 27.1. The molecule has 1 aromatic carbocycles. The lowest BCUT2D eigenvalue weighted by Gasteiger charge is -2.31. The molecule has 0 bridgehead atoms. The zero-order valence-corrected chi connectivity index (χ0v) is 20.9. The molecule has 2 aliphatic rings. The van der Waals surface area contributed by atoms with Gasteiger partial charge in [-0.3, -0.25) is 4.79 Å². The van der Waals surface area contributed by atoms with Crippen molar-refractivity contribution in [2.75, 3.05) is 39.0 Å². The molecule has 1 aliphatic heterocycles. The Morgan fingerprint density at radius 3 is 2.52 bits per heavy atom. The molecule has 2 heterocycles. The number of aryl methyl sites for hydroxylation is 2. The number of piperazine rings is 1. The third-order valence-electron chi connectivity index (χ3n) is 6.41. The van der Waals surface area contributed by atoms with Crippen LogP contribution < -0.4 is 5.32 Å². The van der Waals surface area contributed by atoms with E-state index in [0.29, 0.717) is 18.1 Å². The quantitative estimate of drug-likeness (QED) is 0.604. The number of carbonyl (C=O) groups is 1. The Labute approximate surface area is 201 Å². The summed E-state index contributed by atoms with van der Waals surface area (Å²) in [5.74, 6) is 0.161. The largest absolute Gasteiger partial charge is 0.349 e. The molecule has 178 valence electrons. The molecule has 1 amide bonds. The van der Waals surface area contributed by atoms with Gasteiger partial charge in [-0.25, -0.2) is 13.4 Å². The van der Waals surface area contributed by atoms with E-state index in [1.165, 1.54) is 46.2 Å². The number of nitrogens with one attached hydrogen (secondary N) is 1. The Balaban J connectivity index is 1.29. The Kier molecular flexibility index (Phi) is 7.73. The van der Waals surface area contributed by atoms with Crippen molar-refractivity contribution in [2.24, 2.45) is 0 Å². The van der Waals surface area contributed by atoms with Crippen LogP contribution in [0.15, 0.2) is 46.5 Å². The first kappa shape index (κ1) is 24.2. The lowest BCUT2D eigenvalue weighted by atomic mass is 9.89. The van der Waals surface area contributed by atoms with Crippen molar-refractivity contribution >= 4 is 27.7 Å². The van der Waals surface area contributed by atoms with E-state index in [1.807, 2.05) is 14.0 Å². The van der Waals surface area contributed by atoms with Crippen molar-refractivity contribution in [3.05, 3.63) is 53.2 Å². The van der Waals surface area contributed by atoms with Crippen LogP contribution in [0.2, 0.25) is 0 Å². The number of rotatable bonds is 7. The summed E-state index contributed by atoms with van der Waals surface area (Å²) in [7, 11) is -1.54. The van der Waals surface area contributed by atoms with Gasteiger partial charge < -0.3 is 10.2 Å². The number of pyridine rings is 1. The predicted octanol–water partition coefficient (Wildman–Crippen LogP) is 2.87. The summed E-state index contributed by atoms with van der Waals surface area (Å²) in [5.41, 5.74) is 3.97. The summed E-state index contributed by atoms with van der Waals surface area (Å²) in [5, 5.41) is 3.69. The van der Waals surface area contributed by atoms with Crippen molar-refractivity contribution in [3.63, 3.8) is 0 Å². The first-order valence-electron chi connectivity index (χ1n) is 11.5. The minimum absolute atomic E-state index is 0.0607. The van der Waals surface area contributed by atoms with Crippen molar-refractivity contribution in [1.82, 2.24) is 19.5 Å². The van der Waals surface area contributed by atoms with Gasteiger partial charge in [0.2, 0.25) is 15.9 Å². The summed E-state index contributed by atoms with van der Waals surface area (Å²) in [6, 6.07) is 9.74. The summed E-state index contributed by atoms with van der Waals surface area (Å²) in [4.78, 5) is 19.1. The van der Waals surface area contributed by atoms with Crippen LogP contribution in [0.5, 0.6) is 0 Å². The molecule has 1 atom stereocenters. The zero-order chi connectivity index (χ0) is 23.4. The van der Waals surface area contributed by atoms with E-state index in [0.717, 1.165) is 31.5 Å². The van der Waals surface area contributed by atoms with Crippen molar-refractivity contribution < 1.29 is 13.2 Å². The SMILES string of the molecule is C[C@@H](NC(=O)CSc1ccc(S(=O)(=O)N2CCN(C)CC2)cn1)c1ccc2c(c1)CCCC2. The smallest absolute Gasteiger partial charge is 0.244 e. The van der Waals surface area contributed by atoms with Gasteiger partial charge in [0.25, 0.3) is 0 Å². The number of hydrogen-bond acceptors (Lipinski definition) is 6. The molecule has 1 aliphatic carbocycles. The Bertz CT molecular complexity index is 1080. The molecular weight excluding hydrogens is 456 g/mol. The number of carbonyl (C=O) groups excluding carboxylic acids is 1. The number of thioether (sulfide) groups is 1. The second kappa shape index (κ2) is 10.5. The van der Waals surface area contributed by atoms with Crippen LogP contribution in [0.25, 0.3) is 0 Å². The highest BCUT2D eigenvalue weighted by molar-refractivity contribution is 7.99. The van der Waals surface area contributed by atoms with Crippen LogP contribution >= 0.6 is 11.8 Å². The maximum atomic E-state index is 12.8. The first-order valence-corrected chi connectivity index (χ1v) is 13.9. The molecule has 1 N–H and O–H groups in total. The van der Waals surface area contributed by atoms with Gasteiger partial charge >= 0.3 is 0 Å². The summed E-state index contributed by atoms with van der Waals surface area (Å²) >= 11 is 1.31. The third kappa shape index (κ3) is 5.95. The van der Waals surface area contributed by atoms with Gasteiger partial charge in [-0.1, -0.05) is 30.0 Å². The zero-order valence-electron chi connectivity index (χ0n) is 19.3. The fraction of sp³-hybridized carbons (Fsp3) is 0.500. The normalized spacial score (nSPS) is 18.5. The molecule has 7 nitrogen and oxygen atoms in total. The minimum Gasteiger partial charge on any atom is -0.349 e. The summed E-state index contributed by atoms with van der Waals surface area (Å²) in [6.07, 6.45) is 6.15. The minimum atomic E-state index is -3.53. The van der Waals surface area contributed by atoms with Crippen molar-refractivity contribution in [3.8, 4) is 0 Å². The van der Waals surface area contributed by atoms with Gasteiger partial charge in [-0.2, -0.15) is 4.31 Å². The molecule has 2 aromatic rings. The molecule has 9 heteroatoms. The average Bonchev–Trinajstić information content (AvgIpc) is 2.83. The fourth-order valence-corrected chi connectivity index (χ4v) is 6.33. The van der Waals surface area contributed by atoms with Crippen LogP contribution in [0.1, 0.15) is 42.5 Å². The average molecular weight is 489 g/mol. The number of fused-ring (bicyclic) bond motifs is 1. The fourth-order valence-electron chi connectivity index (χ4n) is 4.31. The molecule has 4 rings (SSSR count). The predicted molar refractivity (Wildman–Crippen MR) is 131 cm³/mol. The standard InChI is InChI=1S/C24H32N4O3S2/c1-18(20-8-7-19-5-3-4-6-21(19)15-20)26-23(29)17-32-24-10-9-22(16-25-24)33(30,31)28-13-11-27(2)12-14-28/h7-10,15-16,18H,3-6,11-14,17H2,1-2H3,(H,26,29)/t18-/m1/s1. The number of aromatic nitrogens is 1. The number of nitrogens with zero attached hydrogens (tertiary/aromatic N) is 3. The maximum Gasteiger partial charge on any atom is 0.244 e. The maximum absolute atomic E-state index is 12.8. The Morgan fingerprint density at radius 2 is 1.82 bits per heavy atom. The second-order valence-electron chi connectivity index (χ2n) is 8.85. The molecule has 0 spiro atoms. The summed E-state index contributed by atoms with van der Waals surface area (Å²) in [6.45, 7) is 4.42. The van der Waals surface area contributed by atoms with Crippen molar-refractivity contribution in [2.45, 2.75) is 48.6 Å². The van der Waals surface area contributed by atoms with Crippen LogP contribution in [0.4, 0.5) is 0 Å². The van der Waals surface area contributed by atoms with E-state index in [1.54, 1.807) is 12.1 Å². The molecule has 0 radical (unpaired) electrons. The van der Waals surface area contributed by atoms with E-state index in [2.05, 4.69) is 33.4 Å². The lowest BCUT2D eigenvalue weighted by Crippen LogP contribution is -2.47. The van der Waals surface area contributed by atoms with E-state index < -0.39 is 10.0 Å². The van der Waals surface area contributed by atoms with Crippen molar-refractivity contribution in [1.29, 1.82) is 0 Å². The Morgan fingerprint density at radius 1 is 1.09 bits per heavy atom. The van der Waals surface area contributed by atoms with Gasteiger partial charge in [0, 0.05) is 32.4 Å². The monoisotopic (exact) mass is 488 g/mol. The molecule has 1 fully saturated rings. The molecule has 1 saturated heterocycles. The van der Waals surface area contributed by atoms with E-state index in [9.17, 15) is 13.2 Å². The highest BCUT2D eigenvalue weighted by atomic mass is 32.2. The van der Waals surface area contributed by atoms with Crippen LogP contribution in [0, 0.1) is 0 Å². The van der Waals surface area contributed by atoms with Crippen LogP contribution in [-0.4, -0.2) is 67.5 Å². The van der Waals surface area contributed by atoms with Crippen LogP contribution in [0.3, 0.4) is 0 Å². The third-order valence-corrected chi connectivity index (χ3v) is 9.24. The molecule has 33 heavy (non-hydrogen) atoms. The van der Waals surface area contributed by atoms with Gasteiger partial charge in [0.05, 0.1) is 16.8 Å². The van der Waals surface area contributed by atoms with E-state index in [4.69, 9.17) is 0 Å². The number of amides is 1. The van der Waals surface area contributed by atoms with Gasteiger partial charge in [-0.15, -0.1) is 0 Å². The molecule has 1 aromatic heterocycles. The lowest BCUT2D eigenvalue weighted by molar-refractivity contribution is -0.119. The van der Waals surface area contributed by atoms with E-state index >= 15 is 0 Å². The number of sulfonamides is 1. The van der Waals surface area contributed by atoms with Gasteiger partial charge in [0.15, 0.2) is 0 Å². The molecule has 0 unspecified atom stereocenters. The number of likely N-dealkylation sites (N-methyl/N-ethyl adjacent to an activating group) is 1. The van der Waals surface area contributed by atoms with E-state index in [-0.39, 0.29) is 22.6 Å².